The largest absolute Gasteiger partial charge is 0.378 e. The first-order chi connectivity index (χ1) is 7.31. The molecule has 1 unspecified atom stereocenters. The van der Waals surface area contributed by atoms with E-state index >= 15 is 0 Å². The van der Waals surface area contributed by atoms with E-state index in [-0.39, 0.29) is 0 Å². The minimum Gasteiger partial charge on any atom is -0.378 e. The van der Waals surface area contributed by atoms with Crippen molar-refractivity contribution in [3.8, 4) is 0 Å². The Bertz CT molecular complexity index is 199. The first kappa shape index (κ1) is 13.1. The summed E-state index contributed by atoms with van der Waals surface area (Å²) >= 11 is 2.01. The van der Waals surface area contributed by atoms with E-state index in [1.807, 2.05) is 11.8 Å². The fourth-order valence-corrected chi connectivity index (χ4v) is 3.34. The normalized spacial score (nSPS) is 28.1. The highest BCUT2D eigenvalue weighted by atomic mass is 32.2. The summed E-state index contributed by atoms with van der Waals surface area (Å²) in [4.78, 5) is 1.59. The van der Waals surface area contributed by atoms with Crippen molar-refractivity contribution >= 4 is 11.8 Å². The zero-order chi connectivity index (χ0) is 11.1. The molecule has 1 saturated carbocycles. The molecule has 0 heterocycles. The standard InChI is InChI=1S/C13H24OS/c1-4-13(15-6-3)11-8-7-9-12(10-11)14-5-2/h4,11-12H,5-10H2,1-3H3/b13-4-/t11-,12?/m0/s1. The second-order valence-electron chi connectivity index (χ2n) is 4.06. The van der Waals surface area contributed by atoms with Crippen molar-refractivity contribution in [3.05, 3.63) is 11.0 Å². The lowest BCUT2D eigenvalue weighted by Crippen LogP contribution is -2.23. The van der Waals surface area contributed by atoms with Gasteiger partial charge in [-0.15, -0.1) is 11.8 Å². The maximum absolute atomic E-state index is 5.75. The summed E-state index contributed by atoms with van der Waals surface area (Å²) in [6, 6.07) is 0. The van der Waals surface area contributed by atoms with Crippen LogP contribution < -0.4 is 0 Å². The van der Waals surface area contributed by atoms with Gasteiger partial charge in [0.1, 0.15) is 0 Å². The molecule has 1 fully saturated rings. The SMILES string of the molecule is C/C=C(\SCC)[C@H]1CCCC(OCC)C1. The third-order valence-corrected chi connectivity index (χ3v) is 4.22. The van der Waals surface area contributed by atoms with Crippen LogP contribution in [-0.2, 0) is 4.74 Å². The molecule has 1 aliphatic carbocycles. The number of allylic oxidation sites excluding steroid dienone is 2. The zero-order valence-corrected chi connectivity index (χ0v) is 11.1. The molecule has 0 aliphatic heterocycles. The lowest BCUT2D eigenvalue weighted by molar-refractivity contribution is 0.0265. The molecule has 0 aromatic carbocycles. The highest BCUT2D eigenvalue weighted by Crippen LogP contribution is 2.36. The predicted octanol–water partition coefficient (Wildman–Crippen LogP) is 4.24. The average molecular weight is 228 g/mol. The lowest BCUT2D eigenvalue weighted by atomic mass is 9.86. The number of ether oxygens (including phenoxy) is 1. The average Bonchev–Trinajstić information content (AvgIpc) is 2.27. The Kier molecular flexibility index (Phi) is 6.42. The fraction of sp³-hybridized carbons (Fsp3) is 0.846. The summed E-state index contributed by atoms with van der Waals surface area (Å²) in [5, 5.41) is 0. The third-order valence-electron chi connectivity index (χ3n) is 3.03. The van der Waals surface area contributed by atoms with Gasteiger partial charge >= 0.3 is 0 Å². The molecule has 2 heteroatoms. The molecule has 15 heavy (non-hydrogen) atoms. The Hall–Kier alpha value is 0.0500. The summed E-state index contributed by atoms with van der Waals surface area (Å²) in [7, 11) is 0. The predicted molar refractivity (Wildman–Crippen MR) is 69.3 cm³/mol. The molecule has 2 atom stereocenters. The van der Waals surface area contributed by atoms with Crippen molar-refractivity contribution in [2.75, 3.05) is 12.4 Å². The molecule has 0 N–H and O–H groups in total. The highest BCUT2D eigenvalue weighted by molar-refractivity contribution is 8.03. The molecule has 1 rings (SSSR count). The quantitative estimate of drug-likeness (QED) is 0.696. The van der Waals surface area contributed by atoms with Gasteiger partial charge in [-0.3, -0.25) is 0 Å². The van der Waals surface area contributed by atoms with Gasteiger partial charge in [-0.05, 0) is 49.7 Å². The molecule has 88 valence electrons. The van der Waals surface area contributed by atoms with Crippen molar-refractivity contribution in [1.29, 1.82) is 0 Å². The third kappa shape index (κ3) is 4.20. The van der Waals surface area contributed by atoms with Crippen LogP contribution >= 0.6 is 11.8 Å². The van der Waals surface area contributed by atoms with E-state index in [0.717, 1.165) is 12.5 Å². The van der Waals surface area contributed by atoms with Crippen LogP contribution in [0.3, 0.4) is 0 Å². The van der Waals surface area contributed by atoms with Gasteiger partial charge in [0.2, 0.25) is 0 Å². The zero-order valence-electron chi connectivity index (χ0n) is 10.3. The van der Waals surface area contributed by atoms with E-state index in [1.165, 1.54) is 31.4 Å². The maximum atomic E-state index is 5.75. The van der Waals surface area contributed by atoms with Gasteiger partial charge in [0, 0.05) is 6.61 Å². The van der Waals surface area contributed by atoms with E-state index < -0.39 is 0 Å². The van der Waals surface area contributed by atoms with Crippen molar-refractivity contribution in [1.82, 2.24) is 0 Å². The van der Waals surface area contributed by atoms with Crippen LogP contribution in [0.1, 0.15) is 46.5 Å². The Morgan fingerprint density at radius 2 is 2.20 bits per heavy atom. The smallest absolute Gasteiger partial charge is 0.0581 e. The molecular formula is C13H24OS. The van der Waals surface area contributed by atoms with Gasteiger partial charge in [0.05, 0.1) is 6.10 Å². The number of hydrogen-bond donors (Lipinski definition) is 0. The Morgan fingerprint density at radius 1 is 1.40 bits per heavy atom. The molecule has 0 amide bonds. The molecule has 1 aliphatic rings. The van der Waals surface area contributed by atoms with Gasteiger partial charge in [0.25, 0.3) is 0 Å². The van der Waals surface area contributed by atoms with Crippen molar-refractivity contribution in [3.63, 3.8) is 0 Å². The Balaban J connectivity index is 2.46. The molecule has 0 radical (unpaired) electrons. The van der Waals surface area contributed by atoms with Gasteiger partial charge in [0.15, 0.2) is 0 Å². The van der Waals surface area contributed by atoms with Crippen LogP contribution in [0.2, 0.25) is 0 Å². The summed E-state index contributed by atoms with van der Waals surface area (Å²) in [6.07, 6.45) is 8.00. The van der Waals surface area contributed by atoms with Crippen LogP contribution in [0.4, 0.5) is 0 Å². The first-order valence-electron chi connectivity index (χ1n) is 6.22. The summed E-state index contributed by atoms with van der Waals surface area (Å²) in [5.74, 6) is 1.96. The maximum Gasteiger partial charge on any atom is 0.0581 e. The molecular weight excluding hydrogens is 204 g/mol. The topological polar surface area (TPSA) is 9.23 Å². The van der Waals surface area contributed by atoms with Crippen LogP contribution in [-0.4, -0.2) is 18.5 Å². The first-order valence-corrected chi connectivity index (χ1v) is 7.20. The van der Waals surface area contributed by atoms with Gasteiger partial charge in [-0.2, -0.15) is 0 Å². The van der Waals surface area contributed by atoms with E-state index in [0.29, 0.717) is 6.10 Å². The summed E-state index contributed by atoms with van der Waals surface area (Å²) < 4.78 is 5.75. The highest BCUT2D eigenvalue weighted by Gasteiger charge is 2.24. The van der Waals surface area contributed by atoms with Crippen LogP contribution in [0.5, 0.6) is 0 Å². The second kappa shape index (κ2) is 7.34. The van der Waals surface area contributed by atoms with Crippen molar-refractivity contribution in [2.45, 2.75) is 52.6 Å². The molecule has 0 aromatic rings. The van der Waals surface area contributed by atoms with Crippen LogP contribution in [0, 0.1) is 5.92 Å². The molecule has 0 saturated heterocycles. The van der Waals surface area contributed by atoms with Crippen LogP contribution in [0.25, 0.3) is 0 Å². The van der Waals surface area contributed by atoms with E-state index in [9.17, 15) is 0 Å². The molecule has 0 aromatic heterocycles. The molecule has 0 spiro atoms. The molecule has 1 nitrogen and oxygen atoms in total. The molecule has 0 bridgehead atoms. The fourth-order valence-electron chi connectivity index (χ4n) is 2.39. The minimum absolute atomic E-state index is 0.515. The summed E-state index contributed by atoms with van der Waals surface area (Å²) in [6.45, 7) is 7.36. The van der Waals surface area contributed by atoms with Gasteiger partial charge in [-0.1, -0.05) is 19.4 Å². The number of hydrogen-bond acceptors (Lipinski definition) is 2. The monoisotopic (exact) mass is 228 g/mol. The minimum atomic E-state index is 0.515. The van der Waals surface area contributed by atoms with Crippen molar-refractivity contribution in [2.24, 2.45) is 5.92 Å². The van der Waals surface area contributed by atoms with Crippen LogP contribution in [0.15, 0.2) is 11.0 Å². The van der Waals surface area contributed by atoms with E-state index in [4.69, 9.17) is 4.74 Å². The summed E-state index contributed by atoms with van der Waals surface area (Å²) in [5.41, 5.74) is 0. The van der Waals surface area contributed by atoms with E-state index in [1.54, 1.807) is 4.91 Å². The van der Waals surface area contributed by atoms with Gasteiger partial charge < -0.3 is 4.74 Å². The lowest BCUT2D eigenvalue weighted by Gasteiger charge is -2.30. The Morgan fingerprint density at radius 3 is 2.80 bits per heavy atom. The number of rotatable bonds is 5. The Labute approximate surface area is 98.7 Å². The van der Waals surface area contributed by atoms with Gasteiger partial charge in [-0.25, -0.2) is 0 Å². The second-order valence-corrected chi connectivity index (χ2v) is 5.40. The number of thioether (sulfide) groups is 1. The van der Waals surface area contributed by atoms with E-state index in [2.05, 4.69) is 26.8 Å². The van der Waals surface area contributed by atoms with Crippen molar-refractivity contribution < 1.29 is 4.74 Å².